The first-order chi connectivity index (χ1) is 13.6. The van der Waals surface area contributed by atoms with Gasteiger partial charge in [-0.1, -0.05) is 23.7 Å². The number of urea groups is 1. The highest BCUT2D eigenvalue weighted by atomic mass is 35.5. The molecule has 2 amide bonds. The van der Waals surface area contributed by atoms with E-state index in [0.29, 0.717) is 5.75 Å². The molecule has 3 N–H and O–H groups in total. The fourth-order valence-electron chi connectivity index (χ4n) is 3.25. The number of carbonyl (C=O) groups excluding carboxylic acids is 2. The fourth-order valence-corrected chi connectivity index (χ4v) is 3.37. The van der Waals surface area contributed by atoms with E-state index in [2.05, 4.69) is 5.32 Å². The molecule has 2 aromatic rings. The summed E-state index contributed by atoms with van der Waals surface area (Å²) in [5.74, 6) is -2.83. The Morgan fingerprint density at radius 3 is 2.45 bits per heavy atom. The SMILES string of the molecule is COc1cccc([C@H]2NC(=O)N[C@@](O)(C(F)(F)F)[C@@H]2C(=O)c2ccc(Cl)cc2)c1. The number of hydrogen-bond donors (Lipinski definition) is 3. The molecule has 3 rings (SSSR count). The number of aliphatic hydroxyl groups is 1. The van der Waals surface area contributed by atoms with E-state index in [-0.39, 0.29) is 16.1 Å². The molecule has 0 saturated carbocycles. The summed E-state index contributed by atoms with van der Waals surface area (Å²) < 4.78 is 46.6. The zero-order valence-electron chi connectivity index (χ0n) is 15.0. The number of nitrogens with one attached hydrogen (secondary N) is 2. The molecule has 0 bridgehead atoms. The van der Waals surface area contributed by atoms with E-state index in [0.717, 1.165) is 0 Å². The Labute approximate surface area is 168 Å². The molecule has 0 unspecified atom stereocenters. The highest BCUT2D eigenvalue weighted by Gasteiger charge is 2.66. The summed E-state index contributed by atoms with van der Waals surface area (Å²) in [5.41, 5.74) is -3.73. The third-order valence-corrected chi connectivity index (χ3v) is 4.92. The third-order valence-electron chi connectivity index (χ3n) is 4.67. The third kappa shape index (κ3) is 3.88. The Morgan fingerprint density at radius 1 is 1.21 bits per heavy atom. The molecule has 1 aliphatic heterocycles. The summed E-state index contributed by atoms with van der Waals surface area (Å²) in [6.45, 7) is 0. The van der Waals surface area contributed by atoms with Gasteiger partial charge in [-0.2, -0.15) is 13.2 Å². The van der Waals surface area contributed by atoms with Crippen molar-refractivity contribution >= 4 is 23.4 Å². The van der Waals surface area contributed by atoms with Gasteiger partial charge in [-0.05, 0) is 42.0 Å². The van der Waals surface area contributed by atoms with Crippen molar-refractivity contribution in [2.24, 2.45) is 5.92 Å². The minimum atomic E-state index is -5.32. The van der Waals surface area contributed by atoms with Crippen molar-refractivity contribution < 1.29 is 32.6 Å². The van der Waals surface area contributed by atoms with Gasteiger partial charge in [-0.25, -0.2) is 4.79 Å². The van der Waals surface area contributed by atoms with Crippen LogP contribution in [0.4, 0.5) is 18.0 Å². The van der Waals surface area contributed by atoms with E-state index in [4.69, 9.17) is 16.3 Å². The van der Waals surface area contributed by atoms with Crippen molar-refractivity contribution in [3.63, 3.8) is 0 Å². The molecule has 0 radical (unpaired) electrons. The first kappa shape index (κ1) is 20.9. The number of hydrogen-bond acceptors (Lipinski definition) is 4. The van der Waals surface area contributed by atoms with Gasteiger partial charge in [0.05, 0.1) is 13.2 Å². The first-order valence-electron chi connectivity index (χ1n) is 8.38. The number of rotatable bonds is 4. The average molecular weight is 429 g/mol. The van der Waals surface area contributed by atoms with Gasteiger partial charge in [-0.3, -0.25) is 4.79 Å². The van der Waals surface area contributed by atoms with Crippen LogP contribution in [0.3, 0.4) is 0 Å². The standard InChI is InChI=1S/C19H16ClF3N2O4/c1-29-13-4-2-3-11(9-13)15-14(16(26)10-5-7-12(20)8-6-10)18(28,19(21,22)23)25-17(27)24-15/h2-9,14-15,28H,1H3,(H2,24,25,27)/t14-,15+,18-/m0/s1. The quantitative estimate of drug-likeness (QED) is 0.651. The number of benzene rings is 2. The lowest BCUT2D eigenvalue weighted by Gasteiger charge is -2.45. The predicted octanol–water partition coefficient (Wildman–Crippen LogP) is 3.45. The molecule has 154 valence electrons. The molecular weight excluding hydrogens is 413 g/mol. The Balaban J connectivity index is 2.16. The average Bonchev–Trinajstić information content (AvgIpc) is 2.66. The highest BCUT2D eigenvalue weighted by Crippen LogP contribution is 2.44. The number of Topliss-reactive ketones (excluding diaryl/α,β-unsaturated/α-hetero) is 1. The second-order valence-electron chi connectivity index (χ2n) is 6.47. The van der Waals surface area contributed by atoms with E-state index < -0.39 is 35.7 Å². The van der Waals surface area contributed by atoms with Crippen molar-refractivity contribution in [1.29, 1.82) is 0 Å². The zero-order valence-corrected chi connectivity index (χ0v) is 15.7. The summed E-state index contributed by atoms with van der Waals surface area (Å²) in [6, 6.07) is 8.31. The van der Waals surface area contributed by atoms with Crippen LogP contribution >= 0.6 is 11.6 Å². The first-order valence-corrected chi connectivity index (χ1v) is 8.76. The number of ketones is 1. The molecule has 0 aliphatic carbocycles. The van der Waals surface area contributed by atoms with Crippen LogP contribution in [0.25, 0.3) is 0 Å². The lowest BCUT2D eigenvalue weighted by Crippen LogP contribution is -2.72. The number of carbonyl (C=O) groups is 2. The molecule has 3 atom stereocenters. The van der Waals surface area contributed by atoms with Crippen LogP contribution < -0.4 is 15.4 Å². The molecule has 1 saturated heterocycles. The largest absolute Gasteiger partial charge is 0.497 e. The van der Waals surface area contributed by atoms with Crippen molar-refractivity contribution in [2.45, 2.75) is 17.9 Å². The molecule has 10 heteroatoms. The Hall–Kier alpha value is -2.78. The molecule has 29 heavy (non-hydrogen) atoms. The zero-order chi connectivity index (χ0) is 21.4. The second-order valence-corrected chi connectivity index (χ2v) is 6.90. The summed E-state index contributed by atoms with van der Waals surface area (Å²) >= 11 is 5.78. The fraction of sp³-hybridized carbons (Fsp3) is 0.263. The van der Waals surface area contributed by atoms with Gasteiger partial charge in [0.1, 0.15) is 11.7 Å². The van der Waals surface area contributed by atoms with E-state index in [1.165, 1.54) is 54.9 Å². The van der Waals surface area contributed by atoms with Crippen LogP contribution in [0, 0.1) is 5.92 Å². The van der Waals surface area contributed by atoms with Crippen LogP contribution in [0.5, 0.6) is 5.75 Å². The summed E-state index contributed by atoms with van der Waals surface area (Å²) in [4.78, 5) is 25.1. The minimum Gasteiger partial charge on any atom is -0.497 e. The van der Waals surface area contributed by atoms with E-state index in [1.54, 1.807) is 6.07 Å². The van der Waals surface area contributed by atoms with Crippen molar-refractivity contribution in [3.8, 4) is 5.75 Å². The Kier molecular flexibility index (Phi) is 5.46. The van der Waals surface area contributed by atoms with Crippen molar-refractivity contribution in [3.05, 3.63) is 64.7 Å². The van der Waals surface area contributed by atoms with Crippen LogP contribution in [0.15, 0.2) is 48.5 Å². The molecule has 0 aromatic heterocycles. The number of amides is 2. The van der Waals surface area contributed by atoms with Crippen molar-refractivity contribution in [1.82, 2.24) is 10.6 Å². The van der Waals surface area contributed by atoms with Gasteiger partial charge < -0.3 is 20.5 Å². The van der Waals surface area contributed by atoms with E-state index >= 15 is 0 Å². The summed E-state index contributed by atoms with van der Waals surface area (Å²) in [5, 5.41) is 14.6. The highest BCUT2D eigenvalue weighted by molar-refractivity contribution is 6.30. The molecule has 1 aliphatic rings. The van der Waals surface area contributed by atoms with Gasteiger partial charge in [-0.15, -0.1) is 0 Å². The lowest BCUT2D eigenvalue weighted by atomic mass is 9.77. The number of ether oxygens (including phenoxy) is 1. The van der Waals surface area contributed by atoms with Gasteiger partial charge >= 0.3 is 12.2 Å². The molecule has 0 spiro atoms. The smallest absolute Gasteiger partial charge is 0.437 e. The Morgan fingerprint density at radius 2 is 1.86 bits per heavy atom. The van der Waals surface area contributed by atoms with Gasteiger partial charge in [0.2, 0.25) is 5.72 Å². The number of alkyl halides is 3. The van der Waals surface area contributed by atoms with E-state index in [1.807, 2.05) is 0 Å². The maximum Gasteiger partial charge on any atom is 0.437 e. The maximum absolute atomic E-state index is 13.8. The normalized spacial score (nSPS) is 24.4. The second kappa shape index (κ2) is 7.57. The van der Waals surface area contributed by atoms with Crippen LogP contribution in [0.1, 0.15) is 22.0 Å². The number of halogens is 4. The molecule has 1 heterocycles. The number of methoxy groups -OCH3 is 1. The monoisotopic (exact) mass is 428 g/mol. The maximum atomic E-state index is 13.8. The molecular formula is C19H16ClF3N2O4. The summed E-state index contributed by atoms with van der Waals surface area (Å²) in [7, 11) is 1.36. The topological polar surface area (TPSA) is 87.7 Å². The molecule has 6 nitrogen and oxygen atoms in total. The van der Waals surface area contributed by atoms with Gasteiger partial charge in [0, 0.05) is 10.6 Å². The van der Waals surface area contributed by atoms with Gasteiger partial charge in [0.15, 0.2) is 5.78 Å². The van der Waals surface area contributed by atoms with Crippen molar-refractivity contribution in [2.75, 3.05) is 7.11 Å². The molecule has 2 aromatic carbocycles. The van der Waals surface area contributed by atoms with Crippen LogP contribution in [-0.2, 0) is 0 Å². The van der Waals surface area contributed by atoms with Gasteiger partial charge in [0.25, 0.3) is 0 Å². The summed E-state index contributed by atoms with van der Waals surface area (Å²) in [6.07, 6.45) is -5.32. The lowest BCUT2D eigenvalue weighted by molar-refractivity contribution is -0.287. The predicted molar refractivity (Wildman–Crippen MR) is 97.7 cm³/mol. The van der Waals surface area contributed by atoms with E-state index in [9.17, 15) is 27.9 Å². The Bertz CT molecular complexity index is 936. The van der Waals surface area contributed by atoms with Crippen LogP contribution in [-0.4, -0.2) is 35.9 Å². The molecule has 1 fully saturated rings. The minimum absolute atomic E-state index is 0.104. The van der Waals surface area contributed by atoms with Crippen LogP contribution in [0.2, 0.25) is 5.02 Å².